The van der Waals surface area contributed by atoms with Crippen LogP contribution in [0.1, 0.15) is 30.2 Å². The molecule has 180 valence electrons. The summed E-state index contributed by atoms with van der Waals surface area (Å²) in [6.45, 7) is 5.97. The van der Waals surface area contributed by atoms with E-state index in [1.54, 1.807) is 0 Å². The zero-order valence-electron chi connectivity index (χ0n) is 19.4. The molecule has 0 amide bonds. The van der Waals surface area contributed by atoms with Crippen molar-refractivity contribution in [3.63, 3.8) is 0 Å². The first-order valence-corrected chi connectivity index (χ1v) is 11.8. The summed E-state index contributed by atoms with van der Waals surface area (Å²) in [6, 6.07) is 3.56. The van der Waals surface area contributed by atoms with Crippen LogP contribution in [-0.4, -0.2) is 76.9 Å². The molecule has 6 rings (SSSR count). The Bertz CT molecular complexity index is 1250. The molecule has 1 unspecified atom stereocenters. The molecule has 0 saturated carbocycles. The highest BCUT2D eigenvalue weighted by atomic mass is 19.1. The third-order valence-electron chi connectivity index (χ3n) is 7.48. The molecule has 8 nitrogen and oxygen atoms in total. The Morgan fingerprint density at radius 2 is 2.15 bits per heavy atom. The fourth-order valence-electron chi connectivity index (χ4n) is 5.53. The van der Waals surface area contributed by atoms with Crippen molar-refractivity contribution in [2.45, 2.75) is 38.3 Å². The van der Waals surface area contributed by atoms with E-state index < -0.39 is 17.7 Å². The van der Waals surface area contributed by atoms with Crippen LogP contribution in [0.25, 0.3) is 16.6 Å². The number of halogens is 1. The first-order valence-electron chi connectivity index (χ1n) is 11.8. The van der Waals surface area contributed by atoms with Gasteiger partial charge in [0.05, 0.1) is 23.5 Å². The molecule has 34 heavy (non-hydrogen) atoms. The molecular formula is C25H29FN4O4. The molecule has 5 heterocycles. The van der Waals surface area contributed by atoms with Crippen LogP contribution in [0, 0.1) is 5.82 Å². The summed E-state index contributed by atoms with van der Waals surface area (Å²) < 4.78 is 26.2. The van der Waals surface area contributed by atoms with E-state index >= 15 is 0 Å². The van der Waals surface area contributed by atoms with Gasteiger partial charge < -0.3 is 29.9 Å². The zero-order valence-corrected chi connectivity index (χ0v) is 19.4. The molecule has 4 aliphatic rings. The van der Waals surface area contributed by atoms with Crippen molar-refractivity contribution in [3.05, 3.63) is 52.0 Å². The molecule has 0 fully saturated rings. The summed E-state index contributed by atoms with van der Waals surface area (Å²) >= 11 is 0. The summed E-state index contributed by atoms with van der Waals surface area (Å²) in [5, 5.41) is 25.5. The first kappa shape index (κ1) is 21.9. The molecule has 0 saturated heterocycles. The standard InChI is InChI=1S/C25H29FN4O4/c1-3-25(32)18-7-21-22-14(9-30(21)10-15(18)12-33-24(25)31)6-16-17-11-29(5-4-27-2)13-34-23(17)19(26)8-20(16)28-22/h6-8,24,27,31-32H,3-5,9-13H2,1-2H3/t24?,25-/m0/s1. The van der Waals surface area contributed by atoms with Crippen LogP contribution in [0.4, 0.5) is 4.39 Å². The maximum Gasteiger partial charge on any atom is 0.188 e. The van der Waals surface area contributed by atoms with E-state index in [-0.39, 0.29) is 6.61 Å². The number of aliphatic hydroxyl groups excluding tert-OH is 1. The van der Waals surface area contributed by atoms with E-state index in [0.29, 0.717) is 49.6 Å². The number of pyridine rings is 1. The van der Waals surface area contributed by atoms with Crippen LogP contribution in [0.15, 0.2) is 29.4 Å². The predicted molar refractivity (Wildman–Crippen MR) is 124 cm³/mol. The zero-order chi connectivity index (χ0) is 23.6. The number of hydrogen-bond donors (Lipinski definition) is 3. The van der Waals surface area contributed by atoms with Gasteiger partial charge in [0, 0.05) is 49.7 Å². The second-order valence-electron chi connectivity index (χ2n) is 9.50. The third-order valence-corrected chi connectivity index (χ3v) is 7.48. The summed E-state index contributed by atoms with van der Waals surface area (Å²) in [4.78, 5) is 9.24. The van der Waals surface area contributed by atoms with Gasteiger partial charge in [-0.15, -0.1) is 0 Å². The minimum Gasteiger partial charge on any atom is -0.475 e. The second kappa shape index (κ2) is 8.00. The highest BCUT2D eigenvalue weighted by Crippen LogP contribution is 2.44. The van der Waals surface area contributed by atoms with Gasteiger partial charge in [0.1, 0.15) is 12.3 Å². The SMILES string of the molecule is CC[C@]1(O)C2=C(COC1O)CN1Cc3cc4c5c(c(F)cc4nc3C1=C2)OCN(CCNC)C5. The minimum atomic E-state index is -1.45. The molecule has 1 aromatic carbocycles. The molecule has 2 aromatic rings. The highest BCUT2D eigenvalue weighted by Gasteiger charge is 2.45. The van der Waals surface area contributed by atoms with Crippen molar-refractivity contribution in [2.75, 3.05) is 40.0 Å². The number of rotatable bonds is 4. The largest absolute Gasteiger partial charge is 0.475 e. The number of ether oxygens (including phenoxy) is 2. The van der Waals surface area contributed by atoms with Crippen LogP contribution >= 0.6 is 0 Å². The Morgan fingerprint density at radius 1 is 1.29 bits per heavy atom. The number of aromatic nitrogens is 1. The van der Waals surface area contributed by atoms with E-state index in [4.69, 9.17) is 14.5 Å². The van der Waals surface area contributed by atoms with Crippen LogP contribution in [0.3, 0.4) is 0 Å². The first-order chi connectivity index (χ1) is 16.4. The number of nitrogens with zero attached hydrogens (tertiary/aromatic N) is 3. The number of hydrogen-bond acceptors (Lipinski definition) is 8. The van der Waals surface area contributed by atoms with Gasteiger partial charge in [-0.25, -0.2) is 9.37 Å². The molecule has 1 aromatic heterocycles. The predicted octanol–water partition coefficient (Wildman–Crippen LogP) is 1.70. The summed E-state index contributed by atoms with van der Waals surface area (Å²) in [6.07, 6.45) is 0.989. The van der Waals surface area contributed by atoms with Gasteiger partial charge in [-0.1, -0.05) is 6.92 Å². The maximum atomic E-state index is 15.0. The number of fused-ring (bicyclic) bond motifs is 6. The second-order valence-corrected chi connectivity index (χ2v) is 9.50. The molecule has 2 atom stereocenters. The Labute approximate surface area is 197 Å². The van der Waals surface area contributed by atoms with Gasteiger partial charge in [-0.05, 0) is 42.3 Å². The number of benzene rings is 1. The number of aliphatic hydroxyl groups is 2. The van der Waals surface area contributed by atoms with E-state index in [1.807, 2.05) is 20.0 Å². The van der Waals surface area contributed by atoms with Gasteiger partial charge in [-0.2, -0.15) is 0 Å². The van der Waals surface area contributed by atoms with E-state index in [9.17, 15) is 14.6 Å². The molecule has 0 spiro atoms. The van der Waals surface area contributed by atoms with Crippen LogP contribution in [0.5, 0.6) is 5.75 Å². The molecule has 0 bridgehead atoms. The molecular weight excluding hydrogens is 439 g/mol. The van der Waals surface area contributed by atoms with Gasteiger partial charge in [-0.3, -0.25) is 4.90 Å². The van der Waals surface area contributed by atoms with E-state index in [0.717, 1.165) is 46.6 Å². The molecule has 4 aliphatic heterocycles. The quantitative estimate of drug-likeness (QED) is 0.625. The van der Waals surface area contributed by atoms with Crippen LogP contribution in [-0.2, 0) is 17.8 Å². The van der Waals surface area contributed by atoms with Crippen LogP contribution in [0.2, 0.25) is 0 Å². The van der Waals surface area contributed by atoms with Crippen molar-refractivity contribution >= 4 is 16.6 Å². The Kier molecular flexibility index (Phi) is 5.16. The van der Waals surface area contributed by atoms with Crippen molar-refractivity contribution in [3.8, 4) is 5.75 Å². The number of likely N-dealkylation sites (N-methyl/N-ethyl adjacent to an activating group) is 1. The molecule has 9 heteroatoms. The van der Waals surface area contributed by atoms with E-state index in [1.165, 1.54) is 6.07 Å². The van der Waals surface area contributed by atoms with Gasteiger partial charge in [0.2, 0.25) is 0 Å². The number of nitrogens with one attached hydrogen (secondary N) is 1. The van der Waals surface area contributed by atoms with Crippen molar-refractivity contribution < 1.29 is 24.1 Å². The van der Waals surface area contributed by atoms with E-state index in [2.05, 4.69) is 21.2 Å². The fraction of sp³-hybridized carbons (Fsp3) is 0.480. The lowest BCUT2D eigenvalue weighted by molar-refractivity contribution is -0.203. The molecule has 0 radical (unpaired) electrons. The Hall–Kier alpha value is -2.56. The summed E-state index contributed by atoms with van der Waals surface area (Å²) in [5.74, 6) is -0.0743. The highest BCUT2D eigenvalue weighted by molar-refractivity contribution is 5.89. The average molecular weight is 469 g/mol. The third kappa shape index (κ3) is 3.19. The molecule has 0 aliphatic carbocycles. The molecule has 3 N–H and O–H groups in total. The van der Waals surface area contributed by atoms with Gasteiger partial charge in [0.15, 0.2) is 17.9 Å². The lowest BCUT2D eigenvalue weighted by Crippen LogP contribution is -2.50. The fourth-order valence-corrected chi connectivity index (χ4v) is 5.53. The monoisotopic (exact) mass is 468 g/mol. The van der Waals surface area contributed by atoms with Crippen molar-refractivity contribution in [1.29, 1.82) is 0 Å². The Morgan fingerprint density at radius 3 is 2.94 bits per heavy atom. The topological polar surface area (TPSA) is 90.3 Å². The Balaban J connectivity index is 1.44. The van der Waals surface area contributed by atoms with Gasteiger partial charge in [0.25, 0.3) is 0 Å². The van der Waals surface area contributed by atoms with Crippen LogP contribution < -0.4 is 10.1 Å². The van der Waals surface area contributed by atoms with Gasteiger partial charge >= 0.3 is 0 Å². The van der Waals surface area contributed by atoms with Crippen molar-refractivity contribution in [2.24, 2.45) is 0 Å². The maximum absolute atomic E-state index is 15.0. The minimum absolute atomic E-state index is 0.281. The lowest BCUT2D eigenvalue weighted by atomic mass is 9.82. The summed E-state index contributed by atoms with van der Waals surface area (Å²) in [7, 11) is 1.91. The van der Waals surface area contributed by atoms with Crippen molar-refractivity contribution in [1.82, 2.24) is 20.1 Å². The normalized spacial score (nSPS) is 26.1. The summed E-state index contributed by atoms with van der Waals surface area (Å²) in [5.41, 5.74) is 4.39. The smallest absolute Gasteiger partial charge is 0.188 e. The lowest BCUT2D eigenvalue weighted by Gasteiger charge is -2.42. The average Bonchev–Trinajstić information content (AvgIpc) is 3.19.